The molecule has 0 bridgehead atoms. The van der Waals surface area contributed by atoms with Gasteiger partial charge in [0.1, 0.15) is 17.9 Å². The summed E-state index contributed by atoms with van der Waals surface area (Å²) < 4.78 is 7.05. The van der Waals surface area contributed by atoms with Gasteiger partial charge in [-0.25, -0.2) is 0 Å². The molecule has 5 nitrogen and oxygen atoms in total. The molecular weight excluding hydrogens is 168 g/mol. The molecule has 2 aromatic rings. The molecular formula is C8H10N4O. The van der Waals surface area contributed by atoms with Crippen molar-refractivity contribution in [2.75, 3.05) is 0 Å². The Labute approximate surface area is 75.2 Å². The minimum absolute atomic E-state index is 0.390. The summed E-state index contributed by atoms with van der Waals surface area (Å²) in [6.07, 6.45) is 3.28. The van der Waals surface area contributed by atoms with Crippen molar-refractivity contribution in [1.82, 2.24) is 14.8 Å². The number of furan rings is 1. The maximum atomic E-state index is 5.47. The number of hydrogen-bond acceptors (Lipinski definition) is 4. The van der Waals surface area contributed by atoms with Crippen LogP contribution in [-0.4, -0.2) is 14.8 Å². The lowest BCUT2D eigenvalue weighted by Gasteiger charge is -2.00. The summed E-state index contributed by atoms with van der Waals surface area (Å²) in [7, 11) is 0. The maximum absolute atomic E-state index is 5.47. The molecule has 0 atom stereocenters. The molecule has 13 heavy (non-hydrogen) atoms. The molecule has 0 fully saturated rings. The Balaban J connectivity index is 2.18. The van der Waals surface area contributed by atoms with Gasteiger partial charge in [-0.2, -0.15) is 0 Å². The van der Waals surface area contributed by atoms with Crippen LogP contribution in [0.5, 0.6) is 0 Å². The zero-order valence-corrected chi connectivity index (χ0v) is 7.05. The smallest absolute Gasteiger partial charge is 0.146 e. The monoisotopic (exact) mass is 178 g/mol. The van der Waals surface area contributed by atoms with Gasteiger partial charge < -0.3 is 14.7 Å². The van der Waals surface area contributed by atoms with Gasteiger partial charge in [0.15, 0.2) is 0 Å². The highest BCUT2D eigenvalue weighted by Gasteiger charge is 2.03. The summed E-state index contributed by atoms with van der Waals surface area (Å²) in [5, 5.41) is 7.63. The number of nitrogens with zero attached hydrogens (tertiary/aromatic N) is 3. The highest BCUT2D eigenvalue weighted by molar-refractivity contribution is 5.00. The molecule has 0 aliphatic rings. The van der Waals surface area contributed by atoms with Gasteiger partial charge in [0.2, 0.25) is 0 Å². The van der Waals surface area contributed by atoms with Crippen LogP contribution in [0, 0.1) is 0 Å². The third kappa shape index (κ3) is 1.59. The highest BCUT2D eigenvalue weighted by atomic mass is 16.3. The SMILES string of the molecule is NCc1nncn1Cc1ccco1. The number of rotatable bonds is 3. The Bertz CT molecular complexity index is 365. The first-order chi connectivity index (χ1) is 6.40. The van der Waals surface area contributed by atoms with E-state index in [1.807, 2.05) is 16.7 Å². The third-order valence-electron chi connectivity index (χ3n) is 1.78. The maximum Gasteiger partial charge on any atom is 0.146 e. The van der Waals surface area contributed by atoms with Gasteiger partial charge in [-0.1, -0.05) is 0 Å². The van der Waals surface area contributed by atoms with Crippen molar-refractivity contribution in [1.29, 1.82) is 0 Å². The van der Waals surface area contributed by atoms with Crippen molar-refractivity contribution in [3.63, 3.8) is 0 Å². The molecule has 0 unspecified atom stereocenters. The second kappa shape index (κ2) is 3.40. The quantitative estimate of drug-likeness (QED) is 0.737. The molecule has 0 aromatic carbocycles. The molecule has 0 saturated heterocycles. The summed E-state index contributed by atoms with van der Waals surface area (Å²) in [5.41, 5.74) is 5.47. The van der Waals surface area contributed by atoms with Gasteiger partial charge in [0.05, 0.1) is 19.4 Å². The Morgan fingerprint density at radius 1 is 1.54 bits per heavy atom. The summed E-state index contributed by atoms with van der Waals surface area (Å²) in [4.78, 5) is 0. The summed E-state index contributed by atoms with van der Waals surface area (Å²) in [6.45, 7) is 1.02. The molecule has 2 N–H and O–H groups in total. The zero-order valence-electron chi connectivity index (χ0n) is 7.05. The lowest BCUT2D eigenvalue weighted by atomic mass is 10.4. The second-order valence-corrected chi connectivity index (χ2v) is 2.66. The van der Waals surface area contributed by atoms with Crippen molar-refractivity contribution in [3.05, 3.63) is 36.3 Å². The van der Waals surface area contributed by atoms with Crippen LogP contribution in [0.4, 0.5) is 0 Å². The molecule has 68 valence electrons. The molecule has 2 rings (SSSR count). The fourth-order valence-electron chi connectivity index (χ4n) is 1.14. The lowest BCUT2D eigenvalue weighted by Crippen LogP contribution is -2.08. The van der Waals surface area contributed by atoms with Crippen LogP contribution in [0.25, 0.3) is 0 Å². The van der Waals surface area contributed by atoms with Crippen LogP contribution in [-0.2, 0) is 13.1 Å². The van der Waals surface area contributed by atoms with Crippen molar-refractivity contribution in [2.45, 2.75) is 13.1 Å². The number of aromatic nitrogens is 3. The van der Waals surface area contributed by atoms with Crippen molar-refractivity contribution < 1.29 is 4.42 Å². The molecule has 0 spiro atoms. The van der Waals surface area contributed by atoms with E-state index in [1.165, 1.54) is 0 Å². The van der Waals surface area contributed by atoms with Crippen molar-refractivity contribution in [2.24, 2.45) is 5.73 Å². The van der Waals surface area contributed by atoms with E-state index in [9.17, 15) is 0 Å². The van der Waals surface area contributed by atoms with Gasteiger partial charge in [-0.15, -0.1) is 10.2 Å². The predicted molar refractivity (Wildman–Crippen MR) is 45.7 cm³/mol. The van der Waals surface area contributed by atoms with Gasteiger partial charge in [0.25, 0.3) is 0 Å². The van der Waals surface area contributed by atoms with Crippen LogP contribution >= 0.6 is 0 Å². The minimum Gasteiger partial charge on any atom is -0.467 e. The Hall–Kier alpha value is -1.62. The standard InChI is InChI=1S/C8H10N4O/c9-4-8-11-10-6-12(8)5-7-2-1-3-13-7/h1-3,6H,4-5,9H2. The highest BCUT2D eigenvalue weighted by Crippen LogP contribution is 2.04. The Morgan fingerprint density at radius 2 is 2.46 bits per heavy atom. The first-order valence-electron chi connectivity index (χ1n) is 3.99. The van der Waals surface area contributed by atoms with Gasteiger partial charge >= 0.3 is 0 Å². The minimum atomic E-state index is 0.390. The summed E-state index contributed by atoms with van der Waals surface area (Å²) in [5.74, 6) is 1.63. The molecule has 0 radical (unpaired) electrons. The molecule has 5 heteroatoms. The molecule has 2 heterocycles. The van der Waals surface area contributed by atoms with Crippen LogP contribution in [0.3, 0.4) is 0 Å². The average molecular weight is 178 g/mol. The van der Waals surface area contributed by atoms with Gasteiger partial charge in [-0.05, 0) is 12.1 Å². The van der Waals surface area contributed by atoms with E-state index in [1.54, 1.807) is 12.6 Å². The Kier molecular flexibility index (Phi) is 2.09. The van der Waals surface area contributed by atoms with E-state index in [0.717, 1.165) is 11.6 Å². The van der Waals surface area contributed by atoms with Crippen molar-refractivity contribution in [3.8, 4) is 0 Å². The molecule has 0 aliphatic carbocycles. The van der Waals surface area contributed by atoms with Gasteiger partial charge in [0, 0.05) is 0 Å². The van der Waals surface area contributed by atoms with E-state index >= 15 is 0 Å². The molecule has 0 aliphatic heterocycles. The Morgan fingerprint density at radius 3 is 3.15 bits per heavy atom. The van der Waals surface area contributed by atoms with Crippen molar-refractivity contribution >= 4 is 0 Å². The van der Waals surface area contributed by atoms with E-state index in [-0.39, 0.29) is 0 Å². The number of hydrogen-bond donors (Lipinski definition) is 1. The molecule has 0 amide bonds. The fraction of sp³-hybridized carbons (Fsp3) is 0.250. The lowest BCUT2D eigenvalue weighted by molar-refractivity contribution is 0.488. The van der Waals surface area contributed by atoms with E-state index < -0.39 is 0 Å². The van der Waals surface area contributed by atoms with Crippen LogP contribution in [0.2, 0.25) is 0 Å². The number of nitrogens with two attached hydrogens (primary N) is 1. The van der Waals surface area contributed by atoms with Gasteiger partial charge in [-0.3, -0.25) is 0 Å². The third-order valence-corrected chi connectivity index (χ3v) is 1.78. The van der Waals surface area contributed by atoms with E-state index in [0.29, 0.717) is 13.1 Å². The summed E-state index contributed by atoms with van der Waals surface area (Å²) in [6, 6.07) is 3.75. The summed E-state index contributed by atoms with van der Waals surface area (Å²) >= 11 is 0. The van der Waals surface area contributed by atoms with E-state index in [4.69, 9.17) is 10.2 Å². The zero-order chi connectivity index (χ0) is 9.10. The van der Waals surface area contributed by atoms with Crippen LogP contribution in [0.1, 0.15) is 11.6 Å². The average Bonchev–Trinajstić information content (AvgIpc) is 2.76. The largest absolute Gasteiger partial charge is 0.467 e. The first kappa shape index (κ1) is 8.00. The fourth-order valence-corrected chi connectivity index (χ4v) is 1.14. The second-order valence-electron chi connectivity index (χ2n) is 2.66. The van der Waals surface area contributed by atoms with Crippen LogP contribution in [0.15, 0.2) is 29.1 Å². The van der Waals surface area contributed by atoms with E-state index in [2.05, 4.69) is 10.2 Å². The first-order valence-corrected chi connectivity index (χ1v) is 3.99. The van der Waals surface area contributed by atoms with Crippen LogP contribution < -0.4 is 5.73 Å². The molecule has 0 saturated carbocycles. The molecule has 2 aromatic heterocycles. The predicted octanol–water partition coefficient (Wildman–Crippen LogP) is 0.378. The normalized spacial score (nSPS) is 10.5. The topological polar surface area (TPSA) is 69.9 Å².